The zero-order valence-corrected chi connectivity index (χ0v) is 11.2. The number of carbonyl (C=O) groups excluding carboxylic acids is 1. The summed E-state index contributed by atoms with van der Waals surface area (Å²) < 4.78 is 4.95. The summed E-state index contributed by atoms with van der Waals surface area (Å²) in [6, 6.07) is 2.48. The predicted molar refractivity (Wildman–Crippen MR) is 68.4 cm³/mol. The third-order valence-electron chi connectivity index (χ3n) is 2.47. The van der Waals surface area contributed by atoms with Crippen LogP contribution < -0.4 is 5.32 Å². The van der Waals surface area contributed by atoms with Gasteiger partial charge in [0.15, 0.2) is 0 Å². The van der Waals surface area contributed by atoms with Gasteiger partial charge in [0.2, 0.25) is 0 Å². The van der Waals surface area contributed by atoms with Gasteiger partial charge in [-0.15, -0.1) is 0 Å². The molecule has 0 aliphatic rings. The average molecular weight is 266 g/mol. The van der Waals surface area contributed by atoms with E-state index >= 15 is 0 Å². The molecule has 1 amide bonds. The molecular weight excluding hydrogens is 248 g/mol. The normalized spacial score (nSPS) is 12.6. The number of hydrogen-bond donors (Lipinski definition) is 2. The molecule has 6 nitrogen and oxygen atoms in total. The van der Waals surface area contributed by atoms with E-state index in [1.807, 2.05) is 0 Å². The number of hydrogen-bond acceptors (Lipinski definition) is 4. The lowest BCUT2D eigenvalue weighted by Gasteiger charge is -2.27. The molecule has 1 aromatic rings. The number of rotatable bonds is 4. The minimum atomic E-state index is -1.09. The number of nitrogens with one attached hydrogen (secondary N) is 1. The average Bonchev–Trinajstić information content (AvgIpc) is 2.33. The molecule has 6 heteroatoms. The molecule has 0 radical (unpaired) electrons. The standard InChI is InChI=1S/C13H18N2O4/c1-13(2,3)10(11(16)17)15-12(18)19-8-9-5-4-6-14-7-9/h4-7,10H,8H2,1-3H3,(H,15,18)(H,16,17)/t10-/m1/s1. The van der Waals surface area contributed by atoms with Crippen molar-refractivity contribution in [3.8, 4) is 0 Å². The number of amides is 1. The quantitative estimate of drug-likeness (QED) is 0.867. The highest BCUT2D eigenvalue weighted by molar-refractivity contribution is 5.80. The molecule has 1 aromatic heterocycles. The van der Waals surface area contributed by atoms with Gasteiger partial charge >= 0.3 is 12.1 Å². The molecule has 0 aliphatic heterocycles. The molecule has 0 aromatic carbocycles. The Bertz CT molecular complexity index is 440. The Morgan fingerprint density at radius 3 is 2.63 bits per heavy atom. The van der Waals surface area contributed by atoms with Crippen molar-refractivity contribution < 1.29 is 19.4 Å². The molecule has 104 valence electrons. The minimum Gasteiger partial charge on any atom is -0.480 e. The van der Waals surface area contributed by atoms with E-state index in [1.165, 1.54) is 0 Å². The van der Waals surface area contributed by atoms with Crippen molar-refractivity contribution in [3.63, 3.8) is 0 Å². The monoisotopic (exact) mass is 266 g/mol. The van der Waals surface area contributed by atoms with E-state index in [0.29, 0.717) is 0 Å². The molecule has 0 saturated heterocycles. The number of aliphatic carboxylic acids is 1. The molecule has 19 heavy (non-hydrogen) atoms. The largest absolute Gasteiger partial charge is 0.480 e. The summed E-state index contributed by atoms with van der Waals surface area (Å²) in [5.41, 5.74) is 0.138. The second-order valence-electron chi connectivity index (χ2n) is 5.22. The highest BCUT2D eigenvalue weighted by Gasteiger charge is 2.33. The van der Waals surface area contributed by atoms with Gasteiger partial charge in [0.05, 0.1) is 0 Å². The molecule has 1 rings (SSSR count). The molecule has 0 unspecified atom stereocenters. The van der Waals surface area contributed by atoms with E-state index in [2.05, 4.69) is 10.3 Å². The fourth-order valence-electron chi connectivity index (χ4n) is 1.44. The summed E-state index contributed by atoms with van der Waals surface area (Å²) in [5.74, 6) is -1.09. The lowest BCUT2D eigenvalue weighted by Crippen LogP contribution is -2.49. The van der Waals surface area contributed by atoms with E-state index in [-0.39, 0.29) is 6.61 Å². The lowest BCUT2D eigenvalue weighted by molar-refractivity contribution is -0.142. The van der Waals surface area contributed by atoms with Gasteiger partial charge in [-0.25, -0.2) is 9.59 Å². The lowest BCUT2D eigenvalue weighted by atomic mass is 9.87. The van der Waals surface area contributed by atoms with Crippen molar-refractivity contribution in [1.29, 1.82) is 0 Å². The summed E-state index contributed by atoms with van der Waals surface area (Å²) >= 11 is 0. The van der Waals surface area contributed by atoms with E-state index < -0.39 is 23.5 Å². The van der Waals surface area contributed by atoms with E-state index in [1.54, 1.807) is 45.3 Å². The molecule has 0 saturated carbocycles. The summed E-state index contributed by atoms with van der Waals surface area (Å²) in [5, 5.41) is 11.4. The third-order valence-corrected chi connectivity index (χ3v) is 2.47. The summed E-state index contributed by atoms with van der Waals surface area (Å²) in [4.78, 5) is 26.5. The maximum atomic E-state index is 11.6. The Morgan fingerprint density at radius 2 is 2.16 bits per heavy atom. The van der Waals surface area contributed by atoms with Crippen LogP contribution in [0.25, 0.3) is 0 Å². The second-order valence-corrected chi connectivity index (χ2v) is 5.22. The zero-order valence-electron chi connectivity index (χ0n) is 11.2. The van der Waals surface area contributed by atoms with Crippen LogP contribution in [0.1, 0.15) is 26.3 Å². The maximum Gasteiger partial charge on any atom is 0.408 e. The van der Waals surface area contributed by atoms with Crippen LogP contribution in [-0.4, -0.2) is 28.2 Å². The van der Waals surface area contributed by atoms with Gasteiger partial charge in [-0.05, 0) is 11.5 Å². The van der Waals surface area contributed by atoms with Gasteiger partial charge in [0.1, 0.15) is 12.6 Å². The number of pyridine rings is 1. The number of alkyl carbamates (subject to hydrolysis) is 1. The number of carboxylic acids is 1. The van der Waals surface area contributed by atoms with Crippen molar-refractivity contribution >= 4 is 12.1 Å². The van der Waals surface area contributed by atoms with Crippen LogP contribution >= 0.6 is 0 Å². The first kappa shape index (κ1) is 14.9. The van der Waals surface area contributed by atoms with Crippen molar-refractivity contribution in [2.45, 2.75) is 33.4 Å². The van der Waals surface area contributed by atoms with Crippen LogP contribution in [0, 0.1) is 5.41 Å². The molecule has 0 aliphatic carbocycles. The number of carbonyl (C=O) groups is 2. The summed E-state index contributed by atoms with van der Waals surface area (Å²) in [6.07, 6.45) is 2.43. The maximum absolute atomic E-state index is 11.6. The smallest absolute Gasteiger partial charge is 0.408 e. The number of carboxylic acid groups (broad SMARTS) is 1. The Labute approximate surface area is 111 Å². The fourth-order valence-corrected chi connectivity index (χ4v) is 1.44. The molecule has 0 fully saturated rings. The molecule has 0 spiro atoms. The molecular formula is C13H18N2O4. The highest BCUT2D eigenvalue weighted by Crippen LogP contribution is 2.19. The van der Waals surface area contributed by atoms with E-state index in [9.17, 15) is 9.59 Å². The van der Waals surface area contributed by atoms with Crippen LogP contribution in [0.4, 0.5) is 4.79 Å². The van der Waals surface area contributed by atoms with Crippen molar-refractivity contribution in [2.24, 2.45) is 5.41 Å². The summed E-state index contributed by atoms with van der Waals surface area (Å²) in [7, 11) is 0. The van der Waals surface area contributed by atoms with Gasteiger partial charge in [-0.1, -0.05) is 26.8 Å². The van der Waals surface area contributed by atoms with E-state index in [4.69, 9.17) is 9.84 Å². The predicted octanol–water partition coefficient (Wildman–Crippen LogP) is 1.81. The van der Waals surface area contributed by atoms with Crippen LogP contribution in [0.5, 0.6) is 0 Å². The molecule has 0 bridgehead atoms. The van der Waals surface area contributed by atoms with Crippen LogP contribution in [-0.2, 0) is 16.1 Å². The van der Waals surface area contributed by atoms with Gasteiger partial charge in [0.25, 0.3) is 0 Å². The fraction of sp³-hybridized carbons (Fsp3) is 0.462. The van der Waals surface area contributed by atoms with E-state index in [0.717, 1.165) is 5.56 Å². The van der Waals surface area contributed by atoms with Crippen LogP contribution in [0.3, 0.4) is 0 Å². The number of nitrogens with zero attached hydrogens (tertiary/aromatic N) is 1. The van der Waals surface area contributed by atoms with Gasteiger partial charge in [-0.3, -0.25) is 4.98 Å². The molecule has 1 heterocycles. The number of aromatic nitrogens is 1. The Balaban J connectivity index is 2.52. The second kappa shape index (κ2) is 6.17. The SMILES string of the molecule is CC(C)(C)[C@H](NC(=O)OCc1cccnc1)C(=O)O. The third kappa shape index (κ3) is 4.95. The van der Waals surface area contributed by atoms with Crippen LogP contribution in [0.15, 0.2) is 24.5 Å². The Morgan fingerprint density at radius 1 is 1.47 bits per heavy atom. The highest BCUT2D eigenvalue weighted by atomic mass is 16.5. The van der Waals surface area contributed by atoms with Crippen molar-refractivity contribution in [2.75, 3.05) is 0 Å². The molecule has 1 atom stereocenters. The van der Waals surface area contributed by atoms with Crippen LogP contribution in [0.2, 0.25) is 0 Å². The Hall–Kier alpha value is -2.11. The van der Waals surface area contributed by atoms with Gasteiger partial charge in [-0.2, -0.15) is 0 Å². The zero-order chi connectivity index (χ0) is 14.5. The van der Waals surface area contributed by atoms with Gasteiger partial charge in [0, 0.05) is 18.0 Å². The van der Waals surface area contributed by atoms with Crippen molar-refractivity contribution in [1.82, 2.24) is 10.3 Å². The minimum absolute atomic E-state index is 0.0517. The Kier molecular flexibility index (Phi) is 4.86. The van der Waals surface area contributed by atoms with Crippen molar-refractivity contribution in [3.05, 3.63) is 30.1 Å². The number of ether oxygens (including phenoxy) is 1. The summed E-state index contributed by atoms with van der Waals surface area (Å²) in [6.45, 7) is 5.24. The molecule has 2 N–H and O–H groups in total. The topological polar surface area (TPSA) is 88.5 Å². The first-order valence-corrected chi connectivity index (χ1v) is 5.85. The van der Waals surface area contributed by atoms with Gasteiger partial charge < -0.3 is 15.2 Å². The first-order chi connectivity index (χ1) is 8.80. The first-order valence-electron chi connectivity index (χ1n) is 5.85.